The third kappa shape index (κ3) is 6.13. The maximum Gasteiger partial charge on any atom is 0.252 e. The van der Waals surface area contributed by atoms with Gasteiger partial charge >= 0.3 is 0 Å². The first-order chi connectivity index (χ1) is 18.7. The summed E-state index contributed by atoms with van der Waals surface area (Å²) in [5, 5.41) is 7.56. The van der Waals surface area contributed by atoms with Crippen molar-refractivity contribution in [3.8, 4) is 11.5 Å². The summed E-state index contributed by atoms with van der Waals surface area (Å²) in [6, 6.07) is 16.4. The van der Waals surface area contributed by atoms with Crippen LogP contribution in [0.5, 0.6) is 11.5 Å². The summed E-state index contributed by atoms with van der Waals surface area (Å²) in [6.45, 7) is 3.24. The number of carbonyl (C=O) groups excluding carboxylic acids is 1. The van der Waals surface area contributed by atoms with Crippen molar-refractivity contribution < 1.29 is 22.7 Å². The SMILES string of the molecule is CCc1c(CNCc2ccc(S(C)(=O)=O)cc2)cccc1Nc1c(C(N)=O)cnc2cc(OC)c(OC)cc12. The van der Waals surface area contributed by atoms with Crippen LogP contribution >= 0.6 is 0 Å². The van der Waals surface area contributed by atoms with E-state index in [1.54, 1.807) is 38.5 Å². The van der Waals surface area contributed by atoms with Crippen molar-refractivity contribution in [3.63, 3.8) is 0 Å². The van der Waals surface area contributed by atoms with E-state index in [2.05, 4.69) is 28.6 Å². The number of nitrogens with zero attached hydrogens (tertiary/aromatic N) is 1. The number of anilines is 2. The molecular formula is C29H32N4O5S. The minimum absolute atomic E-state index is 0.262. The molecule has 0 aliphatic rings. The Morgan fingerprint density at radius 2 is 1.69 bits per heavy atom. The Morgan fingerprint density at radius 1 is 1.00 bits per heavy atom. The molecule has 0 aliphatic heterocycles. The summed E-state index contributed by atoms with van der Waals surface area (Å²) in [5.74, 6) is 0.442. The van der Waals surface area contributed by atoms with E-state index >= 15 is 0 Å². The van der Waals surface area contributed by atoms with Gasteiger partial charge in [0.25, 0.3) is 5.91 Å². The van der Waals surface area contributed by atoms with Crippen LogP contribution in [0.2, 0.25) is 0 Å². The molecule has 0 atom stereocenters. The van der Waals surface area contributed by atoms with E-state index in [1.165, 1.54) is 12.5 Å². The highest BCUT2D eigenvalue weighted by Gasteiger charge is 2.18. The molecule has 10 heteroatoms. The molecule has 204 valence electrons. The lowest BCUT2D eigenvalue weighted by Gasteiger charge is -2.19. The fourth-order valence-electron chi connectivity index (χ4n) is 4.51. The van der Waals surface area contributed by atoms with E-state index in [-0.39, 0.29) is 5.56 Å². The van der Waals surface area contributed by atoms with E-state index in [1.807, 2.05) is 24.3 Å². The van der Waals surface area contributed by atoms with Gasteiger partial charge in [0.15, 0.2) is 21.3 Å². The number of sulfone groups is 1. The molecule has 0 aliphatic carbocycles. The predicted octanol–water partition coefficient (Wildman–Crippen LogP) is 4.35. The Kier molecular flexibility index (Phi) is 8.37. The molecule has 0 bridgehead atoms. The highest BCUT2D eigenvalue weighted by Crippen LogP contribution is 2.38. The molecule has 4 N–H and O–H groups in total. The zero-order valence-electron chi connectivity index (χ0n) is 22.4. The van der Waals surface area contributed by atoms with Crippen LogP contribution in [0.3, 0.4) is 0 Å². The number of carbonyl (C=O) groups is 1. The Labute approximate surface area is 228 Å². The van der Waals surface area contributed by atoms with Crippen molar-refractivity contribution in [3.05, 3.63) is 83.0 Å². The molecule has 9 nitrogen and oxygen atoms in total. The molecule has 39 heavy (non-hydrogen) atoms. The number of fused-ring (bicyclic) bond motifs is 1. The van der Waals surface area contributed by atoms with Crippen LogP contribution < -0.4 is 25.8 Å². The van der Waals surface area contributed by atoms with Crippen LogP contribution in [-0.2, 0) is 29.3 Å². The molecular weight excluding hydrogens is 516 g/mol. The molecule has 4 aromatic rings. The van der Waals surface area contributed by atoms with Gasteiger partial charge in [-0.1, -0.05) is 31.2 Å². The van der Waals surface area contributed by atoms with Gasteiger partial charge in [-0.3, -0.25) is 9.78 Å². The summed E-state index contributed by atoms with van der Waals surface area (Å²) in [6.07, 6.45) is 3.41. The first-order valence-corrected chi connectivity index (χ1v) is 14.3. The molecule has 1 heterocycles. The van der Waals surface area contributed by atoms with Gasteiger partial charge in [-0.25, -0.2) is 8.42 Å². The molecule has 0 unspecified atom stereocenters. The summed E-state index contributed by atoms with van der Waals surface area (Å²) in [5.41, 5.74) is 11.1. The van der Waals surface area contributed by atoms with Gasteiger partial charge in [-0.15, -0.1) is 0 Å². The number of nitrogens with two attached hydrogens (primary N) is 1. The van der Waals surface area contributed by atoms with Crippen molar-refractivity contribution in [2.24, 2.45) is 5.73 Å². The topological polar surface area (TPSA) is 133 Å². The molecule has 0 saturated carbocycles. The number of hydrogen-bond donors (Lipinski definition) is 3. The average Bonchev–Trinajstić information content (AvgIpc) is 2.92. The number of methoxy groups -OCH3 is 2. The number of primary amides is 1. The normalized spacial score (nSPS) is 11.4. The van der Waals surface area contributed by atoms with Crippen LogP contribution in [0.1, 0.15) is 34.0 Å². The third-order valence-electron chi connectivity index (χ3n) is 6.52. The first kappa shape index (κ1) is 27.9. The first-order valence-electron chi connectivity index (χ1n) is 12.4. The van der Waals surface area contributed by atoms with E-state index in [0.717, 1.165) is 28.8 Å². The largest absolute Gasteiger partial charge is 0.493 e. The van der Waals surface area contributed by atoms with Gasteiger partial charge in [0.1, 0.15) is 0 Å². The number of rotatable bonds is 11. The molecule has 4 rings (SSSR count). The van der Waals surface area contributed by atoms with Crippen LogP contribution in [0.4, 0.5) is 11.4 Å². The molecule has 0 spiro atoms. The van der Waals surface area contributed by atoms with Crippen LogP contribution in [0, 0.1) is 0 Å². The number of ether oxygens (including phenoxy) is 2. The maximum atomic E-state index is 12.3. The van der Waals surface area contributed by atoms with Gasteiger partial charge < -0.3 is 25.8 Å². The Bertz CT molecular complexity index is 1620. The van der Waals surface area contributed by atoms with E-state index in [9.17, 15) is 13.2 Å². The Balaban J connectivity index is 1.63. The van der Waals surface area contributed by atoms with E-state index in [4.69, 9.17) is 15.2 Å². The zero-order chi connectivity index (χ0) is 28.2. The summed E-state index contributed by atoms with van der Waals surface area (Å²) in [7, 11) is -0.123. The van der Waals surface area contributed by atoms with Crippen LogP contribution in [-0.4, -0.2) is 39.8 Å². The average molecular weight is 549 g/mol. The zero-order valence-corrected chi connectivity index (χ0v) is 23.2. The Hall–Kier alpha value is -4.15. The van der Waals surface area contributed by atoms with Crippen molar-refractivity contribution >= 4 is 38.0 Å². The van der Waals surface area contributed by atoms with Gasteiger partial charge in [0.2, 0.25) is 0 Å². The number of amides is 1. The molecule has 0 saturated heterocycles. The molecule has 0 fully saturated rings. The highest BCUT2D eigenvalue weighted by atomic mass is 32.2. The smallest absolute Gasteiger partial charge is 0.252 e. The van der Waals surface area contributed by atoms with Gasteiger partial charge in [-0.2, -0.15) is 0 Å². The van der Waals surface area contributed by atoms with Crippen LogP contribution in [0.15, 0.2) is 65.7 Å². The number of benzene rings is 3. The summed E-state index contributed by atoms with van der Waals surface area (Å²) in [4.78, 5) is 17.1. The fraction of sp³-hybridized carbons (Fsp3) is 0.241. The summed E-state index contributed by atoms with van der Waals surface area (Å²) >= 11 is 0. The maximum absolute atomic E-state index is 12.3. The molecule has 3 aromatic carbocycles. The van der Waals surface area contributed by atoms with Gasteiger partial charge in [0, 0.05) is 42.7 Å². The van der Waals surface area contributed by atoms with E-state index < -0.39 is 15.7 Å². The van der Waals surface area contributed by atoms with Crippen molar-refractivity contribution in [2.75, 3.05) is 25.8 Å². The van der Waals surface area contributed by atoms with Crippen LogP contribution in [0.25, 0.3) is 10.9 Å². The highest BCUT2D eigenvalue weighted by molar-refractivity contribution is 7.90. The minimum atomic E-state index is -3.23. The standard InChI is InChI=1S/C29H32N4O5S/c1-5-21-19(16-31-15-18-9-11-20(12-10-18)39(4,35)36)7-6-8-24(21)33-28-22-13-26(37-2)27(38-3)14-25(22)32-17-23(28)29(30)34/h6-14,17,31H,5,15-16H2,1-4H3,(H2,30,34)(H,32,33). The second kappa shape index (κ2) is 11.7. The Morgan fingerprint density at radius 3 is 2.31 bits per heavy atom. The second-order valence-corrected chi connectivity index (χ2v) is 11.1. The third-order valence-corrected chi connectivity index (χ3v) is 7.65. The monoisotopic (exact) mass is 548 g/mol. The van der Waals surface area contributed by atoms with Gasteiger partial charge in [0.05, 0.1) is 35.9 Å². The van der Waals surface area contributed by atoms with Crippen molar-refractivity contribution in [1.29, 1.82) is 0 Å². The number of aromatic nitrogens is 1. The minimum Gasteiger partial charge on any atom is -0.493 e. The lowest BCUT2D eigenvalue weighted by molar-refractivity contribution is 0.100. The van der Waals surface area contributed by atoms with Gasteiger partial charge in [-0.05, 0) is 47.4 Å². The molecule has 0 radical (unpaired) electrons. The fourth-order valence-corrected chi connectivity index (χ4v) is 5.14. The lowest BCUT2D eigenvalue weighted by atomic mass is 10.0. The second-order valence-electron chi connectivity index (χ2n) is 9.08. The number of nitrogens with one attached hydrogen (secondary N) is 2. The number of hydrogen-bond acceptors (Lipinski definition) is 8. The quantitative estimate of drug-likeness (QED) is 0.252. The number of pyridine rings is 1. The van der Waals surface area contributed by atoms with Crippen molar-refractivity contribution in [1.82, 2.24) is 10.3 Å². The molecule has 1 aromatic heterocycles. The lowest BCUT2D eigenvalue weighted by Crippen LogP contribution is -2.16. The summed E-state index contributed by atoms with van der Waals surface area (Å²) < 4.78 is 34.3. The predicted molar refractivity (Wildman–Crippen MR) is 153 cm³/mol. The molecule has 1 amide bonds. The van der Waals surface area contributed by atoms with Crippen molar-refractivity contribution in [2.45, 2.75) is 31.3 Å². The van der Waals surface area contributed by atoms with E-state index in [0.29, 0.717) is 46.1 Å².